The maximum atomic E-state index is 13.2. The lowest BCUT2D eigenvalue weighted by Crippen LogP contribution is -2.34. The van der Waals surface area contributed by atoms with Gasteiger partial charge in [-0.3, -0.25) is 4.79 Å². The lowest BCUT2D eigenvalue weighted by molar-refractivity contribution is -0.138. The highest BCUT2D eigenvalue weighted by molar-refractivity contribution is 6.76. The van der Waals surface area contributed by atoms with E-state index in [0.717, 1.165) is 12.2 Å². The van der Waals surface area contributed by atoms with Gasteiger partial charge in [-0.05, 0) is 13.0 Å². The predicted octanol–water partition coefficient (Wildman–Crippen LogP) is 2.37. The molecule has 2 N–H and O–H groups in total. The van der Waals surface area contributed by atoms with E-state index in [2.05, 4.69) is 30.1 Å². The Morgan fingerprint density at radius 2 is 2.04 bits per heavy atom. The van der Waals surface area contributed by atoms with E-state index in [1.807, 2.05) is 0 Å². The van der Waals surface area contributed by atoms with Gasteiger partial charge >= 0.3 is 6.18 Å². The molecule has 0 radical (unpaired) electrons. The summed E-state index contributed by atoms with van der Waals surface area (Å²) < 4.78 is 45.6. The number of nitrogens with one attached hydrogen (secondary N) is 1. The Labute approximate surface area is 139 Å². The number of alkyl halides is 3. The van der Waals surface area contributed by atoms with Crippen LogP contribution >= 0.6 is 0 Å². The molecule has 1 rings (SSSR count). The average molecular weight is 367 g/mol. The van der Waals surface area contributed by atoms with Gasteiger partial charge in [0.15, 0.2) is 0 Å². The van der Waals surface area contributed by atoms with Crippen molar-refractivity contribution in [3.63, 3.8) is 0 Å². The summed E-state index contributed by atoms with van der Waals surface area (Å²) in [4.78, 5) is 12.1. The first-order chi connectivity index (χ1) is 11.0. The molecule has 1 aromatic heterocycles. The minimum Gasteiger partial charge on any atom is -0.394 e. The van der Waals surface area contributed by atoms with Gasteiger partial charge in [-0.1, -0.05) is 19.6 Å². The standard InChI is InChI=1S/C14H24F3N3O3Si/c1-10(8-21)19-11-7-18-20(9-23-5-6-24(2,3)4)13(22)12(11)14(15,16)17/h7,10,19,21H,5-6,8-9H2,1-4H3. The lowest BCUT2D eigenvalue weighted by atomic mass is 10.2. The monoisotopic (exact) mass is 367 g/mol. The summed E-state index contributed by atoms with van der Waals surface area (Å²) in [5.41, 5.74) is -3.07. The summed E-state index contributed by atoms with van der Waals surface area (Å²) in [5, 5.41) is 15.1. The molecule has 0 fully saturated rings. The number of aliphatic hydroxyl groups excluding tert-OH is 1. The van der Waals surface area contributed by atoms with Crippen LogP contribution in [0.1, 0.15) is 12.5 Å². The third-order valence-electron chi connectivity index (χ3n) is 3.21. The Morgan fingerprint density at radius 1 is 1.42 bits per heavy atom. The molecule has 1 aromatic rings. The van der Waals surface area contributed by atoms with Gasteiger partial charge in [0.2, 0.25) is 0 Å². The number of hydrogen-bond acceptors (Lipinski definition) is 5. The Bertz CT molecular complexity index is 600. The van der Waals surface area contributed by atoms with Crippen LogP contribution in [-0.4, -0.2) is 42.2 Å². The van der Waals surface area contributed by atoms with Crippen LogP contribution in [0.2, 0.25) is 25.7 Å². The maximum Gasteiger partial charge on any atom is 0.423 e. The highest BCUT2D eigenvalue weighted by Gasteiger charge is 2.38. The third-order valence-corrected chi connectivity index (χ3v) is 4.92. The molecule has 138 valence electrons. The highest BCUT2D eigenvalue weighted by atomic mass is 28.3. The second-order valence-electron chi connectivity index (χ2n) is 6.81. The first kappa shape index (κ1) is 20.7. The van der Waals surface area contributed by atoms with Crippen LogP contribution in [0.25, 0.3) is 0 Å². The quantitative estimate of drug-likeness (QED) is 0.545. The van der Waals surface area contributed by atoms with Gasteiger partial charge in [0.05, 0.1) is 18.5 Å². The Morgan fingerprint density at radius 3 is 2.54 bits per heavy atom. The van der Waals surface area contributed by atoms with E-state index < -0.39 is 37.1 Å². The van der Waals surface area contributed by atoms with Gasteiger partial charge in [-0.2, -0.15) is 18.3 Å². The second kappa shape index (κ2) is 8.12. The van der Waals surface area contributed by atoms with Crippen LogP contribution in [0.15, 0.2) is 11.0 Å². The number of aliphatic hydroxyl groups is 1. The van der Waals surface area contributed by atoms with Crippen molar-refractivity contribution in [2.45, 2.75) is 51.6 Å². The molecule has 0 amide bonds. The molecule has 10 heteroatoms. The van der Waals surface area contributed by atoms with E-state index >= 15 is 0 Å². The minimum atomic E-state index is -4.84. The number of rotatable bonds is 8. The zero-order valence-electron chi connectivity index (χ0n) is 14.3. The molecule has 1 heterocycles. The van der Waals surface area contributed by atoms with Crippen molar-refractivity contribution < 1.29 is 23.0 Å². The highest BCUT2D eigenvalue weighted by Crippen LogP contribution is 2.31. The van der Waals surface area contributed by atoms with Crippen molar-refractivity contribution in [1.29, 1.82) is 0 Å². The molecule has 0 spiro atoms. The van der Waals surface area contributed by atoms with Crippen LogP contribution in [-0.2, 0) is 17.6 Å². The van der Waals surface area contributed by atoms with Gasteiger partial charge in [-0.15, -0.1) is 0 Å². The first-order valence-corrected chi connectivity index (χ1v) is 11.3. The molecule has 0 aliphatic carbocycles. The summed E-state index contributed by atoms with van der Waals surface area (Å²) in [6, 6.07) is 0.192. The van der Waals surface area contributed by atoms with Crippen LogP contribution in [0, 0.1) is 0 Å². The Kier molecular flexibility index (Phi) is 6.99. The van der Waals surface area contributed by atoms with E-state index in [4.69, 9.17) is 9.84 Å². The SMILES string of the molecule is CC(CO)Nc1cnn(COCC[Si](C)(C)C)c(=O)c1C(F)(F)F. The molecule has 6 nitrogen and oxygen atoms in total. The minimum absolute atomic E-state index is 0.331. The smallest absolute Gasteiger partial charge is 0.394 e. The number of nitrogens with zero attached hydrogens (tertiary/aromatic N) is 2. The summed E-state index contributed by atoms with van der Waals surface area (Å²) >= 11 is 0. The van der Waals surface area contributed by atoms with E-state index in [9.17, 15) is 18.0 Å². The third kappa shape index (κ3) is 6.25. The van der Waals surface area contributed by atoms with Gasteiger partial charge < -0.3 is 15.2 Å². The van der Waals surface area contributed by atoms with Gasteiger partial charge in [0.25, 0.3) is 5.56 Å². The fraction of sp³-hybridized carbons (Fsp3) is 0.714. The second-order valence-corrected chi connectivity index (χ2v) is 12.4. The summed E-state index contributed by atoms with van der Waals surface area (Å²) in [6.45, 7) is 7.59. The van der Waals surface area contributed by atoms with Crippen molar-refractivity contribution >= 4 is 13.8 Å². The number of halogens is 3. The molecular weight excluding hydrogens is 343 g/mol. The first-order valence-electron chi connectivity index (χ1n) is 7.58. The molecule has 0 aliphatic heterocycles. The fourth-order valence-electron chi connectivity index (χ4n) is 1.80. The molecular formula is C14H24F3N3O3Si. The van der Waals surface area contributed by atoms with Gasteiger partial charge in [0.1, 0.15) is 12.3 Å². The number of anilines is 1. The zero-order chi connectivity index (χ0) is 18.5. The van der Waals surface area contributed by atoms with E-state index in [1.54, 1.807) is 0 Å². The van der Waals surface area contributed by atoms with Gasteiger partial charge in [-0.25, -0.2) is 4.68 Å². The zero-order valence-corrected chi connectivity index (χ0v) is 15.3. The van der Waals surface area contributed by atoms with Crippen molar-refractivity contribution in [2.75, 3.05) is 18.5 Å². The van der Waals surface area contributed by atoms with E-state index in [1.165, 1.54) is 6.92 Å². The molecule has 24 heavy (non-hydrogen) atoms. The van der Waals surface area contributed by atoms with Crippen molar-refractivity contribution in [2.24, 2.45) is 0 Å². The van der Waals surface area contributed by atoms with Crippen LogP contribution in [0.3, 0.4) is 0 Å². The van der Waals surface area contributed by atoms with E-state index in [-0.39, 0.29) is 13.3 Å². The Balaban J connectivity index is 2.99. The molecule has 1 atom stereocenters. The summed E-state index contributed by atoms with van der Waals surface area (Å²) in [7, 11) is -1.33. The molecule has 0 aromatic carbocycles. The van der Waals surface area contributed by atoms with Crippen molar-refractivity contribution in [3.8, 4) is 0 Å². The summed E-state index contributed by atoms with van der Waals surface area (Å²) in [5.74, 6) is 0. The van der Waals surface area contributed by atoms with Crippen molar-refractivity contribution in [1.82, 2.24) is 9.78 Å². The molecule has 0 saturated heterocycles. The topological polar surface area (TPSA) is 76.4 Å². The molecule has 0 saturated carbocycles. The predicted molar refractivity (Wildman–Crippen MR) is 87.8 cm³/mol. The average Bonchev–Trinajstić information content (AvgIpc) is 2.42. The Hall–Kier alpha value is -1.39. The fourth-order valence-corrected chi connectivity index (χ4v) is 2.56. The lowest BCUT2D eigenvalue weighted by Gasteiger charge is -2.19. The van der Waals surface area contributed by atoms with Gasteiger partial charge in [0, 0.05) is 20.7 Å². The van der Waals surface area contributed by atoms with Crippen molar-refractivity contribution in [3.05, 3.63) is 22.1 Å². The normalized spacial score (nSPS) is 13.8. The summed E-state index contributed by atoms with van der Waals surface area (Å²) in [6.07, 6.45) is -3.91. The molecule has 0 aliphatic rings. The van der Waals surface area contributed by atoms with Crippen LogP contribution in [0.5, 0.6) is 0 Å². The largest absolute Gasteiger partial charge is 0.423 e. The number of aromatic nitrogens is 2. The maximum absolute atomic E-state index is 13.2. The number of hydrogen-bond donors (Lipinski definition) is 2. The molecule has 0 bridgehead atoms. The van der Waals surface area contributed by atoms with Crippen LogP contribution < -0.4 is 10.9 Å². The molecule has 1 unspecified atom stereocenters. The van der Waals surface area contributed by atoms with E-state index in [0.29, 0.717) is 11.3 Å². The van der Waals surface area contributed by atoms with Crippen LogP contribution in [0.4, 0.5) is 18.9 Å². The number of ether oxygens (including phenoxy) is 1.